The molecule has 0 atom stereocenters. The highest BCUT2D eigenvalue weighted by Gasteiger charge is 2.26. The van der Waals surface area contributed by atoms with Gasteiger partial charge in [0.05, 0.1) is 11.4 Å². The maximum absolute atomic E-state index is 12.5. The van der Waals surface area contributed by atoms with Gasteiger partial charge in [-0.05, 0) is 48.7 Å². The largest absolute Gasteiger partial charge is 0.454 e. The minimum absolute atomic E-state index is 0.146. The molecule has 27 heavy (non-hydrogen) atoms. The van der Waals surface area contributed by atoms with Crippen LogP contribution in [0.4, 0.5) is 5.69 Å². The molecule has 1 saturated heterocycles. The van der Waals surface area contributed by atoms with Gasteiger partial charge in [0.25, 0.3) is 5.91 Å². The van der Waals surface area contributed by atoms with Crippen LogP contribution in [0.1, 0.15) is 28.8 Å². The zero-order chi connectivity index (χ0) is 18.9. The van der Waals surface area contributed by atoms with E-state index in [1.165, 1.54) is 4.31 Å². The Morgan fingerprint density at radius 1 is 1.07 bits per heavy atom. The van der Waals surface area contributed by atoms with Crippen LogP contribution in [-0.2, 0) is 16.6 Å². The van der Waals surface area contributed by atoms with E-state index in [2.05, 4.69) is 5.32 Å². The van der Waals surface area contributed by atoms with E-state index < -0.39 is 10.0 Å². The fraction of sp³-hybridized carbons (Fsp3) is 0.316. The summed E-state index contributed by atoms with van der Waals surface area (Å²) >= 11 is 0. The summed E-state index contributed by atoms with van der Waals surface area (Å²) in [6, 6.07) is 12.2. The first-order valence-electron chi connectivity index (χ1n) is 8.80. The average molecular weight is 388 g/mol. The van der Waals surface area contributed by atoms with Gasteiger partial charge in [-0.2, -0.15) is 0 Å². The minimum Gasteiger partial charge on any atom is -0.454 e. The molecule has 0 aromatic heterocycles. The Morgan fingerprint density at radius 3 is 2.78 bits per heavy atom. The molecular weight excluding hydrogens is 368 g/mol. The Hall–Kier alpha value is -2.74. The molecule has 2 aromatic rings. The highest BCUT2D eigenvalue weighted by Crippen LogP contribution is 2.32. The molecule has 142 valence electrons. The first kappa shape index (κ1) is 17.7. The van der Waals surface area contributed by atoms with E-state index in [4.69, 9.17) is 9.47 Å². The molecule has 0 aliphatic carbocycles. The maximum Gasteiger partial charge on any atom is 0.251 e. The molecule has 1 N–H and O–H groups in total. The third-order valence-corrected chi connectivity index (χ3v) is 6.51. The zero-order valence-electron chi connectivity index (χ0n) is 14.7. The predicted octanol–water partition coefficient (Wildman–Crippen LogP) is 2.28. The van der Waals surface area contributed by atoms with Crippen molar-refractivity contribution in [2.45, 2.75) is 19.4 Å². The second kappa shape index (κ2) is 7.11. The molecule has 2 heterocycles. The van der Waals surface area contributed by atoms with Crippen molar-refractivity contribution in [3.8, 4) is 11.5 Å². The highest BCUT2D eigenvalue weighted by molar-refractivity contribution is 7.92. The zero-order valence-corrected chi connectivity index (χ0v) is 15.5. The van der Waals surface area contributed by atoms with Gasteiger partial charge in [0, 0.05) is 18.7 Å². The van der Waals surface area contributed by atoms with Gasteiger partial charge in [-0.3, -0.25) is 9.10 Å². The van der Waals surface area contributed by atoms with E-state index in [1.54, 1.807) is 24.3 Å². The summed E-state index contributed by atoms with van der Waals surface area (Å²) in [4.78, 5) is 12.5. The van der Waals surface area contributed by atoms with Crippen molar-refractivity contribution < 1.29 is 22.7 Å². The summed E-state index contributed by atoms with van der Waals surface area (Å²) in [6.07, 6.45) is 1.49. The van der Waals surface area contributed by atoms with Crippen LogP contribution < -0.4 is 19.1 Å². The summed E-state index contributed by atoms with van der Waals surface area (Å²) in [5.74, 6) is 1.25. The molecule has 7 nitrogen and oxygen atoms in total. The number of hydrogen-bond acceptors (Lipinski definition) is 5. The number of fused-ring (bicyclic) bond motifs is 1. The molecule has 2 aliphatic rings. The Kier molecular flexibility index (Phi) is 4.65. The first-order chi connectivity index (χ1) is 13.0. The van der Waals surface area contributed by atoms with Crippen LogP contribution in [0.3, 0.4) is 0 Å². The lowest BCUT2D eigenvalue weighted by atomic mass is 10.1. The molecule has 0 spiro atoms. The molecule has 0 radical (unpaired) electrons. The summed E-state index contributed by atoms with van der Waals surface area (Å²) in [5, 5.41) is 2.85. The van der Waals surface area contributed by atoms with E-state index in [0.29, 0.717) is 42.3 Å². The second-order valence-electron chi connectivity index (χ2n) is 6.52. The SMILES string of the molecule is O=C(NCc1ccc2c(c1)OCO2)c1cccc(N2CCCCS2(=O)=O)c1. The summed E-state index contributed by atoms with van der Waals surface area (Å²) in [7, 11) is -3.30. The van der Waals surface area contributed by atoms with Gasteiger partial charge in [0.1, 0.15) is 0 Å². The van der Waals surface area contributed by atoms with Gasteiger partial charge in [-0.15, -0.1) is 0 Å². The van der Waals surface area contributed by atoms with Gasteiger partial charge < -0.3 is 14.8 Å². The molecule has 1 amide bonds. The summed E-state index contributed by atoms with van der Waals surface area (Å²) < 4.78 is 36.5. The topological polar surface area (TPSA) is 84.9 Å². The van der Waals surface area contributed by atoms with Crippen molar-refractivity contribution in [1.29, 1.82) is 0 Å². The van der Waals surface area contributed by atoms with Crippen molar-refractivity contribution in [2.75, 3.05) is 23.4 Å². The minimum atomic E-state index is -3.30. The number of nitrogens with one attached hydrogen (secondary N) is 1. The Labute approximate surface area is 157 Å². The Bertz CT molecular complexity index is 974. The van der Waals surface area contributed by atoms with E-state index in [0.717, 1.165) is 12.0 Å². The lowest BCUT2D eigenvalue weighted by Crippen LogP contribution is -2.38. The first-order valence-corrected chi connectivity index (χ1v) is 10.4. The van der Waals surface area contributed by atoms with Crippen LogP contribution in [0.2, 0.25) is 0 Å². The quantitative estimate of drug-likeness (QED) is 0.869. The van der Waals surface area contributed by atoms with Crippen molar-refractivity contribution in [2.24, 2.45) is 0 Å². The summed E-state index contributed by atoms with van der Waals surface area (Å²) in [6.45, 7) is 0.990. The second-order valence-corrected chi connectivity index (χ2v) is 8.53. The third kappa shape index (κ3) is 3.71. The van der Waals surface area contributed by atoms with E-state index in [1.807, 2.05) is 18.2 Å². The number of carbonyl (C=O) groups excluding carboxylic acids is 1. The lowest BCUT2D eigenvalue weighted by molar-refractivity contribution is 0.0951. The molecule has 4 rings (SSSR count). The average Bonchev–Trinajstić information content (AvgIpc) is 3.13. The number of sulfonamides is 1. The Balaban J connectivity index is 1.46. The van der Waals surface area contributed by atoms with Gasteiger partial charge in [0.2, 0.25) is 16.8 Å². The standard InChI is InChI=1S/C19H20N2O5S/c22-19(20-12-14-6-7-17-18(10-14)26-13-25-17)15-4-3-5-16(11-15)21-8-1-2-9-27(21,23)24/h3-7,10-11H,1-2,8-9,12-13H2,(H,20,22). The maximum atomic E-state index is 12.5. The number of ether oxygens (including phenoxy) is 2. The van der Waals surface area contributed by atoms with Crippen LogP contribution in [-0.4, -0.2) is 33.4 Å². The molecule has 8 heteroatoms. The van der Waals surface area contributed by atoms with Gasteiger partial charge in [-0.1, -0.05) is 12.1 Å². The smallest absolute Gasteiger partial charge is 0.251 e. The highest BCUT2D eigenvalue weighted by atomic mass is 32.2. The van der Waals surface area contributed by atoms with E-state index >= 15 is 0 Å². The lowest BCUT2D eigenvalue weighted by Gasteiger charge is -2.28. The van der Waals surface area contributed by atoms with E-state index in [-0.39, 0.29) is 18.5 Å². The number of anilines is 1. The Morgan fingerprint density at radius 2 is 1.93 bits per heavy atom. The van der Waals surface area contributed by atoms with Crippen molar-refractivity contribution >= 4 is 21.6 Å². The molecule has 0 bridgehead atoms. The van der Waals surface area contributed by atoms with Crippen molar-refractivity contribution in [3.63, 3.8) is 0 Å². The van der Waals surface area contributed by atoms with Crippen LogP contribution in [0.5, 0.6) is 11.5 Å². The molecule has 1 fully saturated rings. The number of benzene rings is 2. The van der Waals surface area contributed by atoms with Gasteiger partial charge in [0.15, 0.2) is 11.5 Å². The number of nitrogens with zero attached hydrogens (tertiary/aromatic N) is 1. The number of carbonyl (C=O) groups is 1. The molecule has 2 aromatic carbocycles. The predicted molar refractivity (Wildman–Crippen MR) is 101 cm³/mol. The summed E-state index contributed by atoms with van der Waals surface area (Å²) in [5.41, 5.74) is 1.85. The number of amides is 1. The third-order valence-electron chi connectivity index (χ3n) is 4.64. The fourth-order valence-corrected chi connectivity index (χ4v) is 4.85. The molecule has 2 aliphatic heterocycles. The van der Waals surface area contributed by atoms with Crippen molar-refractivity contribution in [3.05, 3.63) is 53.6 Å². The monoisotopic (exact) mass is 388 g/mol. The number of hydrogen-bond donors (Lipinski definition) is 1. The van der Waals surface area contributed by atoms with Crippen LogP contribution >= 0.6 is 0 Å². The molecular formula is C19H20N2O5S. The van der Waals surface area contributed by atoms with Crippen LogP contribution in [0.15, 0.2) is 42.5 Å². The van der Waals surface area contributed by atoms with E-state index in [9.17, 15) is 13.2 Å². The number of rotatable bonds is 4. The van der Waals surface area contributed by atoms with Gasteiger partial charge in [-0.25, -0.2) is 8.42 Å². The fourth-order valence-electron chi connectivity index (χ4n) is 3.22. The van der Waals surface area contributed by atoms with Crippen LogP contribution in [0.25, 0.3) is 0 Å². The molecule has 0 unspecified atom stereocenters. The van der Waals surface area contributed by atoms with Crippen molar-refractivity contribution in [1.82, 2.24) is 5.32 Å². The van der Waals surface area contributed by atoms with Crippen LogP contribution in [0, 0.1) is 0 Å². The van der Waals surface area contributed by atoms with Gasteiger partial charge >= 0.3 is 0 Å². The molecule has 0 saturated carbocycles. The normalized spacial score (nSPS) is 17.6.